The number of ether oxygens (including phenoxy) is 1. The van der Waals surface area contributed by atoms with Gasteiger partial charge in [0, 0.05) is 18.0 Å². The number of rotatable bonds is 4. The van der Waals surface area contributed by atoms with Gasteiger partial charge in [0.15, 0.2) is 5.82 Å². The van der Waals surface area contributed by atoms with Gasteiger partial charge in [-0.2, -0.15) is 4.98 Å². The molecule has 0 fully saturated rings. The lowest BCUT2D eigenvalue weighted by Crippen LogP contribution is -2.13. The zero-order chi connectivity index (χ0) is 16.9. The number of amides is 1. The minimum absolute atomic E-state index is 0.0629. The number of anilines is 1. The Morgan fingerprint density at radius 1 is 1.08 bits per heavy atom. The number of carbonyl (C=O) groups is 1. The molecule has 7 nitrogen and oxygen atoms in total. The summed E-state index contributed by atoms with van der Waals surface area (Å²) in [6.07, 6.45) is 4.25. The van der Waals surface area contributed by atoms with Gasteiger partial charge in [0.2, 0.25) is 5.88 Å². The zero-order valence-electron chi connectivity index (χ0n) is 12.2. The Balaban J connectivity index is 1.80. The van der Waals surface area contributed by atoms with E-state index in [4.69, 9.17) is 16.3 Å². The quantitative estimate of drug-likeness (QED) is 0.755. The van der Waals surface area contributed by atoms with Gasteiger partial charge in [-0.05, 0) is 36.4 Å². The molecule has 120 valence electrons. The summed E-state index contributed by atoms with van der Waals surface area (Å²) in [6, 6.07) is 9.19. The highest BCUT2D eigenvalue weighted by Gasteiger charge is 2.15. The van der Waals surface area contributed by atoms with E-state index in [0.29, 0.717) is 11.3 Å². The third-order valence-corrected chi connectivity index (χ3v) is 3.32. The molecule has 3 aromatic rings. The Morgan fingerprint density at radius 2 is 1.79 bits per heavy atom. The van der Waals surface area contributed by atoms with E-state index >= 15 is 0 Å². The van der Waals surface area contributed by atoms with E-state index in [1.54, 1.807) is 24.3 Å². The fourth-order valence-corrected chi connectivity index (χ4v) is 2.00. The average molecular weight is 343 g/mol. The molecule has 1 aromatic carbocycles. The van der Waals surface area contributed by atoms with Crippen molar-refractivity contribution in [2.75, 3.05) is 5.32 Å². The first kappa shape index (κ1) is 15.7. The number of carbonyl (C=O) groups excluding carboxylic acids is 1. The summed E-state index contributed by atoms with van der Waals surface area (Å²) >= 11 is 6.20. The van der Waals surface area contributed by atoms with Gasteiger partial charge in [-0.1, -0.05) is 11.6 Å². The topological polar surface area (TPSA) is 97.2 Å². The van der Waals surface area contributed by atoms with Crippen LogP contribution < -0.4 is 10.1 Å². The summed E-state index contributed by atoms with van der Waals surface area (Å²) in [5.74, 6) is 0.375. The molecule has 0 radical (unpaired) electrons. The molecule has 0 atom stereocenters. The molecule has 2 heterocycles. The maximum atomic E-state index is 12.1. The van der Waals surface area contributed by atoms with E-state index < -0.39 is 0 Å². The van der Waals surface area contributed by atoms with E-state index in [-0.39, 0.29) is 28.4 Å². The number of pyridine rings is 1. The number of phenolic OH excluding ortho intramolecular Hbond substituents is 1. The number of hydrogen-bond donors (Lipinski definition) is 2. The van der Waals surface area contributed by atoms with Crippen LogP contribution in [0.2, 0.25) is 5.02 Å². The highest BCUT2D eigenvalue weighted by molar-refractivity contribution is 6.34. The zero-order valence-corrected chi connectivity index (χ0v) is 12.9. The van der Waals surface area contributed by atoms with Crippen molar-refractivity contribution in [3.05, 3.63) is 65.7 Å². The number of aromatic nitrogens is 3. The first-order chi connectivity index (χ1) is 11.6. The molecule has 3 rings (SSSR count). The van der Waals surface area contributed by atoms with Gasteiger partial charge in [-0.15, -0.1) is 0 Å². The van der Waals surface area contributed by atoms with Crippen LogP contribution in [0.1, 0.15) is 10.4 Å². The summed E-state index contributed by atoms with van der Waals surface area (Å²) in [4.78, 5) is 23.9. The predicted octanol–water partition coefficient (Wildman–Crippen LogP) is 3.28. The highest BCUT2D eigenvalue weighted by Crippen LogP contribution is 2.32. The van der Waals surface area contributed by atoms with Gasteiger partial charge in [0.05, 0.1) is 0 Å². The van der Waals surface area contributed by atoms with Crippen molar-refractivity contribution in [2.45, 2.75) is 0 Å². The second-order valence-electron chi connectivity index (χ2n) is 4.63. The molecule has 0 aliphatic rings. The van der Waals surface area contributed by atoms with Crippen LogP contribution in [0, 0.1) is 0 Å². The molecule has 0 aliphatic heterocycles. The first-order valence-corrected chi connectivity index (χ1v) is 7.20. The summed E-state index contributed by atoms with van der Waals surface area (Å²) in [5.41, 5.74) is 0.417. The van der Waals surface area contributed by atoms with Gasteiger partial charge in [-0.25, -0.2) is 4.98 Å². The van der Waals surface area contributed by atoms with E-state index in [1.807, 2.05) is 0 Å². The standard InChI is InChI=1S/C16H11ClN4O3/c17-13-14(21-15(23)10-5-7-18-8-6-10)19-9-20-16(13)24-12-3-1-11(22)2-4-12/h1-9,22H,(H,19,20,21,23). The van der Waals surface area contributed by atoms with Crippen molar-refractivity contribution in [1.82, 2.24) is 15.0 Å². The molecule has 24 heavy (non-hydrogen) atoms. The van der Waals surface area contributed by atoms with Crippen molar-refractivity contribution in [3.63, 3.8) is 0 Å². The van der Waals surface area contributed by atoms with Crippen molar-refractivity contribution in [2.24, 2.45) is 0 Å². The summed E-state index contributed by atoms with van der Waals surface area (Å²) in [7, 11) is 0. The van der Waals surface area contributed by atoms with Crippen LogP contribution in [0.5, 0.6) is 17.4 Å². The maximum Gasteiger partial charge on any atom is 0.256 e. The number of halogens is 1. The van der Waals surface area contributed by atoms with Crippen LogP contribution in [0.3, 0.4) is 0 Å². The Kier molecular flexibility index (Phi) is 4.53. The molecule has 0 saturated heterocycles. The lowest BCUT2D eigenvalue weighted by atomic mass is 10.2. The number of benzene rings is 1. The maximum absolute atomic E-state index is 12.1. The SMILES string of the molecule is O=C(Nc1ncnc(Oc2ccc(O)cc2)c1Cl)c1ccncc1. The summed E-state index contributed by atoms with van der Waals surface area (Å²) in [5, 5.41) is 11.9. The Labute approximate surface area is 141 Å². The second kappa shape index (κ2) is 6.93. The minimum atomic E-state index is -0.381. The first-order valence-electron chi connectivity index (χ1n) is 6.82. The molecule has 8 heteroatoms. The van der Waals surface area contributed by atoms with Crippen LogP contribution >= 0.6 is 11.6 Å². The van der Waals surface area contributed by atoms with Crippen molar-refractivity contribution in [3.8, 4) is 17.4 Å². The average Bonchev–Trinajstić information content (AvgIpc) is 2.61. The Bertz CT molecular complexity index is 857. The molecule has 0 unspecified atom stereocenters. The van der Waals surface area contributed by atoms with Crippen LogP contribution in [-0.4, -0.2) is 26.0 Å². The Morgan fingerprint density at radius 3 is 2.50 bits per heavy atom. The van der Waals surface area contributed by atoms with E-state index in [0.717, 1.165) is 0 Å². The number of hydrogen-bond acceptors (Lipinski definition) is 6. The van der Waals surface area contributed by atoms with Crippen LogP contribution in [0.4, 0.5) is 5.82 Å². The molecule has 2 N–H and O–H groups in total. The largest absolute Gasteiger partial charge is 0.508 e. The number of phenols is 1. The number of nitrogens with zero attached hydrogens (tertiary/aromatic N) is 3. The van der Waals surface area contributed by atoms with Crippen molar-refractivity contribution in [1.29, 1.82) is 0 Å². The fourth-order valence-electron chi connectivity index (χ4n) is 1.82. The molecular weight excluding hydrogens is 332 g/mol. The van der Waals surface area contributed by atoms with E-state index in [9.17, 15) is 9.90 Å². The summed E-state index contributed by atoms with van der Waals surface area (Å²) < 4.78 is 5.54. The van der Waals surface area contributed by atoms with Crippen molar-refractivity contribution < 1.29 is 14.6 Å². The molecular formula is C16H11ClN4O3. The molecule has 0 aliphatic carbocycles. The van der Waals surface area contributed by atoms with Crippen LogP contribution in [-0.2, 0) is 0 Å². The van der Waals surface area contributed by atoms with Gasteiger partial charge in [-0.3, -0.25) is 9.78 Å². The lowest BCUT2D eigenvalue weighted by molar-refractivity contribution is 0.102. The third kappa shape index (κ3) is 3.58. The minimum Gasteiger partial charge on any atom is -0.508 e. The molecule has 0 saturated carbocycles. The van der Waals surface area contributed by atoms with E-state index in [1.165, 1.54) is 30.9 Å². The van der Waals surface area contributed by atoms with Gasteiger partial charge in [0.1, 0.15) is 22.8 Å². The van der Waals surface area contributed by atoms with E-state index in [2.05, 4.69) is 20.3 Å². The highest BCUT2D eigenvalue weighted by atomic mass is 35.5. The normalized spacial score (nSPS) is 10.2. The molecule has 1 amide bonds. The van der Waals surface area contributed by atoms with Crippen LogP contribution in [0.15, 0.2) is 55.1 Å². The third-order valence-electron chi connectivity index (χ3n) is 2.98. The van der Waals surface area contributed by atoms with Crippen LogP contribution in [0.25, 0.3) is 0 Å². The second-order valence-corrected chi connectivity index (χ2v) is 5.01. The number of aromatic hydroxyl groups is 1. The van der Waals surface area contributed by atoms with Gasteiger partial charge < -0.3 is 15.2 Å². The molecule has 2 aromatic heterocycles. The molecule has 0 bridgehead atoms. The van der Waals surface area contributed by atoms with Gasteiger partial charge in [0.25, 0.3) is 5.91 Å². The summed E-state index contributed by atoms with van der Waals surface area (Å²) in [6.45, 7) is 0. The smallest absolute Gasteiger partial charge is 0.256 e. The lowest BCUT2D eigenvalue weighted by Gasteiger charge is -2.10. The predicted molar refractivity (Wildman–Crippen MR) is 87.4 cm³/mol. The fraction of sp³-hybridized carbons (Fsp3) is 0. The monoisotopic (exact) mass is 342 g/mol. The van der Waals surface area contributed by atoms with Gasteiger partial charge >= 0.3 is 0 Å². The number of nitrogens with one attached hydrogen (secondary N) is 1. The molecule has 0 spiro atoms. The van der Waals surface area contributed by atoms with Crippen molar-refractivity contribution >= 4 is 23.3 Å². The Hall–Kier alpha value is -3.19.